The van der Waals surface area contributed by atoms with Gasteiger partial charge in [0.15, 0.2) is 49.6 Å². The highest BCUT2D eigenvalue weighted by atomic mass is 16.8. The van der Waals surface area contributed by atoms with Crippen molar-refractivity contribution in [2.45, 2.75) is 204 Å². The van der Waals surface area contributed by atoms with E-state index in [4.69, 9.17) is 66.3 Å². The molecule has 0 radical (unpaired) electrons. The molecule has 26 heteroatoms. The van der Waals surface area contributed by atoms with Crippen LogP contribution in [-0.2, 0) is 76.0 Å². The zero-order valence-electron chi connectivity index (χ0n) is 53.7. The number of methoxy groups -OCH3 is 2. The quantitative estimate of drug-likeness (QED) is 0.0558. The molecule has 4 aliphatic carbocycles. The van der Waals surface area contributed by atoms with Crippen molar-refractivity contribution in [2.24, 2.45) is 46.3 Å². The van der Waals surface area contributed by atoms with E-state index in [-0.39, 0.29) is 78.0 Å². The zero-order chi connectivity index (χ0) is 66.8. The fraction of sp³-hybridized carbons (Fsp3) is 0.701. The van der Waals surface area contributed by atoms with Crippen LogP contribution in [0.15, 0.2) is 60.2 Å². The standard InChI is InChI=1S/C67H90O26/c1-32(27-82-62-58(87-34(3)68)54(49(74)30-83-62)92-63-56(52(76)47(72)28-84-63)90-60(78)36-10-15-39(80-7)16-11-36)9-20-45(70)33(2)51-46(71)26-44-42-19-14-38-25-41(21-23-66(38,5)43(42)22-24-67(44,51)6)89-65-59(88-35(4)69)55(50(75)31-86-65)93-64-57(53(77)48(73)29-85-64)91-61(79)37-12-17-40(81-8)18-13-37/h10-18,32-33,41-44,47-59,62-65,72-77H,9,19-31H2,1-8H3/t32-,33-,41+,42-,43+,44+,47-,48-,49+,50+,51+,52+,53+,54+,55+,56-,57-,58-,59-,62-,63+,64+,65+,66+,67+/m1/s1. The van der Waals surface area contributed by atoms with Gasteiger partial charge in [0.25, 0.3) is 0 Å². The highest BCUT2D eigenvalue weighted by molar-refractivity contribution is 5.92. The third kappa shape index (κ3) is 15.2. The Labute approximate surface area is 539 Å². The topological polar surface area (TPSA) is 353 Å². The Hall–Kier alpha value is -5.56. The number of ketones is 2. The van der Waals surface area contributed by atoms with Crippen LogP contribution in [0, 0.1) is 46.3 Å². The number of benzene rings is 2. The molecule has 8 aliphatic rings. The number of carbonyl (C=O) groups excluding carboxylic acids is 6. The molecule has 10 rings (SSSR count). The number of ether oxygens (including phenoxy) is 14. The molecule has 26 nitrogen and oxygen atoms in total. The molecular weight excluding hydrogens is 1220 g/mol. The number of hydrogen-bond donors (Lipinski definition) is 6. The zero-order valence-corrected chi connectivity index (χ0v) is 53.7. The van der Waals surface area contributed by atoms with E-state index < -0.39 is 159 Å². The summed E-state index contributed by atoms with van der Waals surface area (Å²) in [6.07, 6.45) is -16.1. The van der Waals surface area contributed by atoms with Crippen molar-refractivity contribution in [3.8, 4) is 11.5 Å². The first kappa shape index (κ1) is 70.2. The second kappa shape index (κ2) is 29.8. The number of esters is 4. The summed E-state index contributed by atoms with van der Waals surface area (Å²) in [6, 6.07) is 12.0. The number of carbonyl (C=O) groups is 6. The molecule has 4 saturated heterocycles. The summed E-state index contributed by atoms with van der Waals surface area (Å²) in [6.45, 7) is 9.17. The Bertz CT molecular complexity index is 2980. The van der Waals surface area contributed by atoms with E-state index in [0.717, 1.165) is 32.6 Å². The third-order valence-electron chi connectivity index (χ3n) is 20.7. The molecule has 0 amide bonds. The molecule has 0 aromatic heterocycles. The van der Waals surface area contributed by atoms with Crippen LogP contribution in [0.5, 0.6) is 11.5 Å². The number of fused-ring (bicyclic) bond motifs is 5. The number of aliphatic hydroxyl groups is 6. The molecule has 4 aliphatic heterocycles. The summed E-state index contributed by atoms with van der Waals surface area (Å²) in [5.41, 5.74) is 0.806. The van der Waals surface area contributed by atoms with E-state index in [1.807, 2.05) is 13.8 Å². The maximum Gasteiger partial charge on any atom is 0.338 e. The fourth-order valence-electron chi connectivity index (χ4n) is 15.7. The first-order chi connectivity index (χ1) is 44.3. The molecule has 3 saturated carbocycles. The Kier molecular flexibility index (Phi) is 22.5. The van der Waals surface area contributed by atoms with Gasteiger partial charge < -0.3 is 97.0 Å². The van der Waals surface area contributed by atoms with E-state index in [0.29, 0.717) is 37.2 Å². The van der Waals surface area contributed by atoms with E-state index in [1.54, 1.807) is 12.1 Å². The molecule has 514 valence electrons. The summed E-state index contributed by atoms with van der Waals surface area (Å²) in [7, 11) is 2.94. The van der Waals surface area contributed by atoms with Crippen molar-refractivity contribution in [3.63, 3.8) is 0 Å². The van der Waals surface area contributed by atoms with Gasteiger partial charge >= 0.3 is 23.9 Å². The van der Waals surface area contributed by atoms with Crippen LogP contribution in [0.4, 0.5) is 0 Å². The van der Waals surface area contributed by atoms with Crippen molar-refractivity contribution in [1.29, 1.82) is 0 Å². The second-order valence-corrected chi connectivity index (χ2v) is 26.8. The van der Waals surface area contributed by atoms with Crippen molar-refractivity contribution < 1.29 is 126 Å². The van der Waals surface area contributed by atoms with Gasteiger partial charge in [-0.15, -0.1) is 0 Å². The highest BCUT2D eigenvalue weighted by Crippen LogP contribution is 2.67. The average molecular weight is 1310 g/mol. The number of allylic oxidation sites excluding steroid dienone is 1. The molecule has 0 unspecified atom stereocenters. The molecule has 4 heterocycles. The number of aliphatic hydroxyl groups excluding tert-OH is 6. The molecule has 6 N–H and O–H groups in total. The second-order valence-electron chi connectivity index (χ2n) is 26.8. The molecule has 0 spiro atoms. The van der Waals surface area contributed by atoms with Crippen molar-refractivity contribution >= 4 is 35.4 Å². The molecular formula is C67H90O26. The summed E-state index contributed by atoms with van der Waals surface area (Å²) in [4.78, 5) is 80.4. The average Bonchev–Trinajstić information content (AvgIpc) is 1.65. The third-order valence-corrected chi connectivity index (χ3v) is 20.7. The van der Waals surface area contributed by atoms with E-state index in [2.05, 4.69) is 19.9 Å². The lowest BCUT2D eigenvalue weighted by Gasteiger charge is -2.58. The summed E-state index contributed by atoms with van der Waals surface area (Å²) in [5, 5.41) is 65.6. The minimum atomic E-state index is -1.66. The van der Waals surface area contributed by atoms with Gasteiger partial charge in [0.2, 0.25) is 0 Å². The van der Waals surface area contributed by atoms with Crippen molar-refractivity contribution in [1.82, 2.24) is 0 Å². The largest absolute Gasteiger partial charge is 0.497 e. The Morgan fingerprint density at radius 2 is 1.06 bits per heavy atom. The number of rotatable bonds is 22. The summed E-state index contributed by atoms with van der Waals surface area (Å²) in [5.74, 6) is -2.91. The first-order valence-electron chi connectivity index (χ1n) is 32.2. The van der Waals surface area contributed by atoms with Gasteiger partial charge in [0, 0.05) is 38.5 Å². The lowest BCUT2D eigenvalue weighted by Crippen LogP contribution is -2.62. The Morgan fingerprint density at radius 3 is 1.57 bits per heavy atom. The monoisotopic (exact) mass is 1310 g/mol. The summed E-state index contributed by atoms with van der Waals surface area (Å²) < 4.78 is 81.5. The molecule has 25 atom stereocenters. The molecule has 0 bridgehead atoms. The normalized spacial score (nSPS) is 38.9. The SMILES string of the molecule is COc1ccc(C(=O)O[C@H]2[C@H](O[C@@H]3[C@@H](OC(C)=O)[C@H](OC[C@H](C)CCC(=O)[C@@H](C)[C@H]4C(=O)C[C@H]5[C@@H]6CC=C7C[C@@H](O[C@@H]8OC[C@H](O)[C@H](O[C@@H]9OC[C@@H](O)[C@H](O)[C@H]9OC(=O)c9ccc(OC)cc9)[C@H]8OC(C)=O)CC[C@]7(C)[C@H]6CC[C@]45C)OC[C@@H]3O)OC[C@@H](O)[C@@H]2O)cc1. The minimum absolute atomic E-state index is 0.0275. The van der Waals surface area contributed by atoms with Crippen molar-refractivity contribution in [2.75, 3.05) is 47.3 Å². The molecule has 2 aromatic rings. The maximum absolute atomic E-state index is 14.4. The van der Waals surface area contributed by atoms with E-state index in [9.17, 15) is 59.4 Å². The van der Waals surface area contributed by atoms with Gasteiger partial charge in [-0.1, -0.05) is 39.3 Å². The first-order valence-corrected chi connectivity index (χ1v) is 32.2. The fourth-order valence-corrected chi connectivity index (χ4v) is 15.7. The van der Waals surface area contributed by atoms with Crippen molar-refractivity contribution in [3.05, 3.63) is 71.3 Å². The predicted octanol–water partition coefficient (Wildman–Crippen LogP) is 3.46. The van der Waals surface area contributed by atoms with E-state index >= 15 is 0 Å². The number of Topliss-reactive ketones (excluding diaryl/α,β-unsaturated/α-hetero) is 2. The van der Waals surface area contributed by atoms with Gasteiger partial charge in [0.1, 0.15) is 71.9 Å². The maximum atomic E-state index is 14.4. The minimum Gasteiger partial charge on any atom is -0.497 e. The molecule has 93 heavy (non-hydrogen) atoms. The van der Waals surface area contributed by atoms with Gasteiger partial charge in [0.05, 0.1) is 64.5 Å². The molecule has 7 fully saturated rings. The van der Waals surface area contributed by atoms with Gasteiger partial charge in [-0.05, 0) is 128 Å². The van der Waals surface area contributed by atoms with Gasteiger partial charge in [-0.2, -0.15) is 0 Å². The van der Waals surface area contributed by atoms with Crippen LogP contribution in [0.3, 0.4) is 0 Å². The van der Waals surface area contributed by atoms with Crippen LogP contribution >= 0.6 is 0 Å². The Morgan fingerprint density at radius 1 is 0.581 bits per heavy atom. The van der Waals surface area contributed by atoms with Gasteiger partial charge in [-0.25, -0.2) is 9.59 Å². The predicted molar refractivity (Wildman–Crippen MR) is 319 cm³/mol. The highest BCUT2D eigenvalue weighted by Gasteiger charge is 2.63. The van der Waals surface area contributed by atoms with Crippen LogP contribution < -0.4 is 9.47 Å². The molecule has 2 aromatic carbocycles. The summed E-state index contributed by atoms with van der Waals surface area (Å²) >= 11 is 0. The van der Waals surface area contributed by atoms with Crippen LogP contribution in [0.2, 0.25) is 0 Å². The van der Waals surface area contributed by atoms with E-state index in [1.165, 1.54) is 63.1 Å². The lowest BCUT2D eigenvalue weighted by molar-refractivity contribution is -0.339. The van der Waals surface area contributed by atoms with Crippen LogP contribution in [0.1, 0.15) is 120 Å². The van der Waals surface area contributed by atoms with Gasteiger partial charge in [-0.3, -0.25) is 19.2 Å². The Balaban J connectivity index is 0.732. The van der Waals surface area contributed by atoms with Crippen LogP contribution in [0.25, 0.3) is 0 Å². The number of hydrogen-bond acceptors (Lipinski definition) is 26. The van der Waals surface area contributed by atoms with Crippen LogP contribution in [-0.4, -0.2) is 218 Å². The lowest BCUT2D eigenvalue weighted by atomic mass is 9.47. The smallest absolute Gasteiger partial charge is 0.338 e.